The van der Waals surface area contributed by atoms with Gasteiger partial charge in [0.25, 0.3) is 0 Å². The summed E-state index contributed by atoms with van der Waals surface area (Å²) < 4.78 is 0. The minimum atomic E-state index is 0.0360. The Morgan fingerprint density at radius 3 is 2.86 bits per heavy atom. The van der Waals surface area contributed by atoms with Gasteiger partial charge < -0.3 is 5.32 Å². The van der Waals surface area contributed by atoms with Gasteiger partial charge in [-0.1, -0.05) is 17.7 Å². The monoisotopic (exact) mass is 209 g/mol. The second kappa shape index (κ2) is 3.62. The molecule has 2 rings (SSSR count). The molecule has 74 valence electrons. The maximum atomic E-state index is 10.9. The number of halogens is 1. The van der Waals surface area contributed by atoms with Crippen molar-refractivity contribution < 1.29 is 4.79 Å². The van der Waals surface area contributed by atoms with E-state index in [0.29, 0.717) is 0 Å². The molecule has 0 saturated heterocycles. The fourth-order valence-electron chi connectivity index (χ4n) is 1.98. The predicted molar refractivity (Wildman–Crippen MR) is 56.5 cm³/mol. The summed E-state index contributed by atoms with van der Waals surface area (Å²) in [6, 6.07) is 6.18. The summed E-state index contributed by atoms with van der Waals surface area (Å²) in [6.45, 7) is 1.55. The first-order chi connectivity index (χ1) is 6.65. The number of amides is 1. The van der Waals surface area contributed by atoms with Crippen LogP contribution < -0.4 is 5.32 Å². The molecule has 14 heavy (non-hydrogen) atoms. The first-order valence-electron chi connectivity index (χ1n) is 4.69. The molecule has 0 aliphatic heterocycles. The Labute approximate surface area is 88.3 Å². The lowest BCUT2D eigenvalue weighted by molar-refractivity contribution is -0.119. The number of carbonyl (C=O) groups is 1. The van der Waals surface area contributed by atoms with E-state index in [4.69, 9.17) is 11.6 Å². The van der Waals surface area contributed by atoms with Crippen LogP contribution in [-0.2, 0) is 17.6 Å². The van der Waals surface area contributed by atoms with Gasteiger partial charge in [-0.05, 0) is 36.1 Å². The molecule has 1 aliphatic carbocycles. The number of benzene rings is 1. The lowest BCUT2D eigenvalue weighted by Gasteiger charge is -2.08. The Kier molecular flexibility index (Phi) is 2.46. The van der Waals surface area contributed by atoms with Crippen molar-refractivity contribution in [3.05, 3.63) is 34.3 Å². The summed E-state index contributed by atoms with van der Waals surface area (Å²) in [5.41, 5.74) is 2.56. The summed E-state index contributed by atoms with van der Waals surface area (Å²) in [5.74, 6) is 0.0360. The number of fused-ring (bicyclic) bond motifs is 1. The van der Waals surface area contributed by atoms with E-state index in [0.717, 1.165) is 17.9 Å². The molecule has 1 amide bonds. The summed E-state index contributed by atoms with van der Waals surface area (Å²) in [4.78, 5) is 10.9. The molecule has 0 spiro atoms. The van der Waals surface area contributed by atoms with Gasteiger partial charge in [0.2, 0.25) is 5.91 Å². The summed E-state index contributed by atoms with van der Waals surface area (Å²) >= 11 is 5.89. The maximum absolute atomic E-state index is 10.9. The Morgan fingerprint density at radius 1 is 1.43 bits per heavy atom. The molecule has 0 heterocycles. The molecule has 0 saturated carbocycles. The van der Waals surface area contributed by atoms with Gasteiger partial charge in [-0.25, -0.2) is 0 Å². The van der Waals surface area contributed by atoms with Crippen molar-refractivity contribution in [1.82, 2.24) is 5.32 Å². The zero-order chi connectivity index (χ0) is 10.1. The largest absolute Gasteiger partial charge is 0.353 e. The van der Waals surface area contributed by atoms with Gasteiger partial charge in [0, 0.05) is 18.0 Å². The van der Waals surface area contributed by atoms with Gasteiger partial charge in [0.05, 0.1) is 0 Å². The van der Waals surface area contributed by atoms with Crippen molar-refractivity contribution >= 4 is 17.5 Å². The molecule has 1 aliphatic rings. The second-order valence-electron chi connectivity index (χ2n) is 3.72. The van der Waals surface area contributed by atoms with E-state index in [9.17, 15) is 4.79 Å². The molecule has 0 bridgehead atoms. The van der Waals surface area contributed by atoms with E-state index in [1.807, 2.05) is 18.2 Å². The highest BCUT2D eigenvalue weighted by atomic mass is 35.5. The second-order valence-corrected chi connectivity index (χ2v) is 4.16. The van der Waals surface area contributed by atoms with Crippen LogP contribution in [0.1, 0.15) is 18.1 Å². The average Bonchev–Trinajstić information content (AvgIpc) is 2.44. The molecule has 1 aromatic rings. The average molecular weight is 210 g/mol. The first-order valence-corrected chi connectivity index (χ1v) is 5.07. The molecule has 0 aromatic heterocycles. The fraction of sp³-hybridized carbons (Fsp3) is 0.364. The Morgan fingerprint density at radius 2 is 2.14 bits per heavy atom. The van der Waals surface area contributed by atoms with Crippen LogP contribution in [0.15, 0.2) is 18.2 Å². The van der Waals surface area contributed by atoms with Crippen LogP contribution in [0.4, 0.5) is 0 Å². The van der Waals surface area contributed by atoms with Gasteiger partial charge >= 0.3 is 0 Å². The Balaban J connectivity index is 2.14. The lowest BCUT2D eigenvalue weighted by atomic mass is 10.1. The third-order valence-electron chi connectivity index (χ3n) is 2.51. The lowest BCUT2D eigenvalue weighted by Crippen LogP contribution is -2.33. The van der Waals surface area contributed by atoms with Crippen LogP contribution in [0.25, 0.3) is 0 Å². The smallest absolute Gasteiger partial charge is 0.217 e. The van der Waals surface area contributed by atoms with Gasteiger partial charge in [0.15, 0.2) is 0 Å². The SMILES string of the molecule is CC(=O)NC1Cc2ccc(Cl)cc2C1. The van der Waals surface area contributed by atoms with Gasteiger partial charge in [-0.2, -0.15) is 0 Å². The summed E-state index contributed by atoms with van der Waals surface area (Å²) in [7, 11) is 0. The molecule has 0 fully saturated rings. The number of carbonyl (C=O) groups excluding carboxylic acids is 1. The highest BCUT2D eigenvalue weighted by molar-refractivity contribution is 6.30. The van der Waals surface area contributed by atoms with Crippen LogP contribution in [0.2, 0.25) is 5.02 Å². The van der Waals surface area contributed by atoms with Crippen molar-refractivity contribution in [2.75, 3.05) is 0 Å². The van der Waals surface area contributed by atoms with Crippen molar-refractivity contribution in [3.8, 4) is 0 Å². The van der Waals surface area contributed by atoms with Crippen molar-refractivity contribution in [2.24, 2.45) is 0 Å². The number of rotatable bonds is 1. The van der Waals surface area contributed by atoms with Gasteiger partial charge in [-0.15, -0.1) is 0 Å². The Bertz CT molecular complexity index is 376. The van der Waals surface area contributed by atoms with E-state index in [2.05, 4.69) is 5.32 Å². The van der Waals surface area contributed by atoms with Crippen LogP contribution >= 0.6 is 11.6 Å². The normalized spacial score (nSPS) is 19.1. The maximum Gasteiger partial charge on any atom is 0.217 e. The third-order valence-corrected chi connectivity index (χ3v) is 2.74. The topological polar surface area (TPSA) is 29.1 Å². The summed E-state index contributed by atoms with van der Waals surface area (Å²) in [5, 5.41) is 3.70. The van der Waals surface area contributed by atoms with E-state index in [1.165, 1.54) is 11.1 Å². The molecule has 1 atom stereocenters. The third kappa shape index (κ3) is 1.90. The van der Waals surface area contributed by atoms with E-state index in [-0.39, 0.29) is 11.9 Å². The summed E-state index contributed by atoms with van der Waals surface area (Å²) in [6.07, 6.45) is 1.82. The zero-order valence-electron chi connectivity index (χ0n) is 8.01. The molecule has 0 radical (unpaired) electrons. The molecule has 2 nitrogen and oxygen atoms in total. The van der Waals surface area contributed by atoms with Crippen LogP contribution in [-0.4, -0.2) is 11.9 Å². The Hall–Kier alpha value is -1.02. The highest BCUT2D eigenvalue weighted by Gasteiger charge is 2.21. The molecule has 1 unspecified atom stereocenters. The highest BCUT2D eigenvalue weighted by Crippen LogP contribution is 2.25. The number of hydrogen-bond donors (Lipinski definition) is 1. The predicted octanol–water partition coefficient (Wildman–Crippen LogP) is 1.94. The van der Waals surface area contributed by atoms with Crippen molar-refractivity contribution in [2.45, 2.75) is 25.8 Å². The number of hydrogen-bond acceptors (Lipinski definition) is 1. The molecule has 3 heteroatoms. The van der Waals surface area contributed by atoms with Crippen molar-refractivity contribution in [3.63, 3.8) is 0 Å². The fourth-order valence-corrected chi connectivity index (χ4v) is 2.17. The molecule has 1 N–H and O–H groups in total. The first kappa shape index (κ1) is 9.53. The van der Waals surface area contributed by atoms with Gasteiger partial charge in [0.1, 0.15) is 0 Å². The molecule has 1 aromatic carbocycles. The zero-order valence-corrected chi connectivity index (χ0v) is 8.77. The minimum absolute atomic E-state index is 0.0360. The minimum Gasteiger partial charge on any atom is -0.353 e. The van der Waals surface area contributed by atoms with Crippen LogP contribution in [0.5, 0.6) is 0 Å². The van der Waals surface area contributed by atoms with E-state index >= 15 is 0 Å². The van der Waals surface area contributed by atoms with E-state index < -0.39 is 0 Å². The molecular weight excluding hydrogens is 198 g/mol. The number of nitrogens with one attached hydrogen (secondary N) is 1. The van der Waals surface area contributed by atoms with Crippen LogP contribution in [0.3, 0.4) is 0 Å². The van der Waals surface area contributed by atoms with Crippen molar-refractivity contribution in [1.29, 1.82) is 0 Å². The van der Waals surface area contributed by atoms with Gasteiger partial charge in [-0.3, -0.25) is 4.79 Å². The van der Waals surface area contributed by atoms with Crippen LogP contribution in [0, 0.1) is 0 Å². The van der Waals surface area contributed by atoms with E-state index in [1.54, 1.807) is 6.92 Å². The standard InChI is InChI=1S/C11H12ClNO/c1-7(14)13-11-5-8-2-3-10(12)4-9(8)6-11/h2-4,11H,5-6H2,1H3,(H,13,14). The quantitative estimate of drug-likeness (QED) is 0.753. The molecular formula is C11H12ClNO.